The largest absolute Gasteiger partial charge is 0.488 e. The van der Waals surface area contributed by atoms with Crippen molar-refractivity contribution in [1.29, 1.82) is 0 Å². The third-order valence-electron chi connectivity index (χ3n) is 4.75. The first kappa shape index (κ1) is 20.0. The van der Waals surface area contributed by atoms with Gasteiger partial charge in [0.15, 0.2) is 5.76 Å². The first-order chi connectivity index (χ1) is 14.4. The number of aryl methyl sites for hydroxylation is 1. The summed E-state index contributed by atoms with van der Waals surface area (Å²) in [5.74, 6) is -0.877. The molecule has 11 nitrogen and oxygen atoms in total. The average Bonchev–Trinajstić information content (AvgIpc) is 3.43. The number of methoxy groups -OCH3 is 1. The fraction of sp³-hybridized carbons (Fsp3) is 0.389. The van der Waals surface area contributed by atoms with Crippen LogP contribution in [0.2, 0.25) is 0 Å². The summed E-state index contributed by atoms with van der Waals surface area (Å²) in [5, 5.41) is 28.3. The number of amides is 1. The van der Waals surface area contributed by atoms with Crippen molar-refractivity contribution in [3.63, 3.8) is 0 Å². The van der Waals surface area contributed by atoms with E-state index < -0.39 is 11.5 Å². The number of hydrogen-bond acceptors (Lipinski definition) is 10. The number of rotatable bonds is 6. The van der Waals surface area contributed by atoms with Crippen LogP contribution in [0.15, 0.2) is 27.5 Å². The van der Waals surface area contributed by atoms with Crippen molar-refractivity contribution in [3.8, 4) is 10.9 Å². The highest BCUT2D eigenvalue weighted by Gasteiger charge is 2.25. The summed E-state index contributed by atoms with van der Waals surface area (Å²) in [7, 11) is 1.35. The molecular formula is C18H20N6O5S. The minimum absolute atomic E-state index is 0.0275. The number of aliphatic hydroxyl groups is 1. The third-order valence-corrected chi connectivity index (χ3v) is 5.56. The summed E-state index contributed by atoms with van der Waals surface area (Å²) in [6.07, 6.45) is 3.21. The predicted octanol–water partition coefficient (Wildman–Crippen LogP) is 1.57. The Labute approximate surface area is 174 Å². The van der Waals surface area contributed by atoms with E-state index in [9.17, 15) is 14.7 Å². The molecule has 4 rings (SSSR count). The Kier molecular flexibility index (Phi) is 5.50. The second kappa shape index (κ2) is 8.24. The average molecular weight is 432 g/mol. The SMILES string of the molecule is COc1c(N[C@@H]2CC[C@H](O)C2)cc(C(=O)Nc2nnc(-n3nccc3C)s2)oc1=O. The molecule has 1 aliphatic rings. The van der Waals surface area contributed by atoms with Crippen LogP contribution in [-0.2, 0) is 0 Å². The Bertz CT molecular complexity index is 1120. The summed E-state index contributed by atoms with van der Waals surface area (Å²) in [6, 6.07) is 3.19. The highest BCUT2D eigenvalue weighted by Crippen LogP contribution is 2.28. The molecule has 0 aliphatic heterocycles. The molecule has 3 N–H and O–H groups in total. The predicted molar refractivity (Wildman–Crippen MR) is 109 cm³/mol. The van der Waals surface area contributed by atoms with Crippen LogP contribution in [0, 0.1) is 6.92 Å². The number of aromatic nitrogens is 4. The molecule has 1 aliphatic carbocycles. The Morgan fingerprint density at radius 3 is 2.90 bits per heavy atom. The molecule has 0 saturated heterocycles. The molecule has 30 heavy (non-hydrogen) atoms. The molecule has 0 bridgehead atoms. The molecule has 1 fully saturated rings. The summed E-state index contributed by atoms with van der Waals surface area (Å²) < 4.78 is 11.8. The monoisotopic (exact) mass is 432 g/mol. The molecule has 0 radical (unpaired) electrons. The van der Waals surface area contributed by atoms with Gasteiger partial charge < -0.3 is 19.6 Å². The van der Waals surface area contributed by atoms with Gasteiger partial charge in [0.05, 0.1) is 18.9 Å². The van der Waals surface area contributed by atoms with Gasteiger partial charge in [-0.3, -0.25) is 10.1 Å². The van der Waals surface area contributed by atoms with E-state index in [4.69, 9.17) is 9.15 Å². The van der Waals surface area contributed by atoms with Crippen molar-refractivity contribution in [2.75, 3.05) is 17.7 Å². The maximum absolute atomic E-state index is 12.6. The fourth-order valence-electron chi connectivity index (χ4n) is 3.28. The highest BCUT2D eigenvalue weighted by molar-refractivity contribution is 7.17. The van der Waals surface area contributed by atoms with Gasteiger partial charge in [0.25, 0.3) is 5.91 Å². The minimum atomic E-state index is -0.781. The maximum Gasteiger partial charge on any atom is 0.381 e. The van der Waals surface area contributed by atoms with E-state index in [1.807, 2.05) is 13.0 Å². The van der Waals surface area contributed by atoms with Crippen LogP contribution in [0.4, 0.5) is 10.8 Å². The number of aliphatic hydroxyl groups excluding tert-OH is 1. The number of hydrogen-bond donors (Lipinski definition) is 3. The Hall–Kier alpha value is -3.25. The van der Waals surface area contributed by atoms with Gasteiger partial charge in [-0.15, -0.1) is 10.2 Å². The van der Waals surface area contributed by atoms with Gasteiger partial charge in [0, 0.05) is 24.0 Å². The summed E-state index contributed by atoms with van der Waals surface area (Å²) >= 11 is 1.13. The summed E-state index contributed by atoms with van der Waals surface area (Å²) in [5.41, 5.74) is 0.428. The zero-order chi connectivity index (χ0) is 21.3. The second-order valence-corrected chi connectivity index (χ2v) is 7.84. The molecule has 3 heterocycles. The lowest BCUT2D eigenvalue weighted by Gasteiger charge is -2.16. The van der Waals surface area contributed by atoms with Gasteiger partial charge in [-0.2, -0.15) is 5.10 Å². The third kappa shape index (κ3) is 4.04. The summed E-state index contributed by atoms with van der Waals surface area (Å²) in [6.45, 7) is 1.87. The lowest BCUT2D eigenvalue weighted by atomic mass is 10.2. The molecule has 1 saturated carbocycles. The molecule has 12 heteroatoms. The lowest BCUT2D eigenvalue weighted by molar-refractivity contribution is 0.0991. The van der Waals surface area contributed by atoms with Crippen molar-refractivity contribution >= 4 is 28.1 Å². The number of nitrogens with one attached hydrogen (secondary N) is 2. The van der Waals surface area contributed by atoms with Gasteiger partial charge in [-0.25, -0.2) is 9.48 Å². The first-order valence-corrected chi connectivity index (χ1v) is 10.1. The van der Waals surface area contributed by atoms with Gasteiger partial charge in [-0.1, -0.05) is 11.3 Å². The number of nitrogens with zero attached hydrogens (tertiary/aromatic N) is 4. The Morgan fingerprint density at radius 1 is 1.40 bits per heavy atom. The first-order valence-electron chi connectivity index (χ1n) is 9.27. The van der Waals surface area contributed by atoms with E-state index in [0.29, 0.717) is 23.7 Å². The normalized spacial score (nSPS) is 18.4. The zero-order valence-electron chi connectivity index (χ0n) is 16.3. The van der Waals surface area contributed by atoms with Crippen LogP contribution in [0.1, 0.15) is 35.5 Å². The van der Waals surface area contributed by atoms with E-state index in [2.05, 4.69) is 25.9 Å². The van der Waals surface area contributed by atoms with Crippen LogP contribution in [0.5, 0.6) is 5.75 Å². The lowest BCUT2D eigenvalue weighted by Crippen LogP contribution is -2.21. The van der Waals surface area contributed by atoms with Crippen molar-refractivity contribution in [1.82, 2.24) is 20.0 Å². The fourth-order valence-corrected chi connectivity index (χ4v) is 4.04. The Balaban J connectivity index is 1.54. The molecular weight excluding hydrogens is 412 g/mol. The maximum atomic E-state index is 12.6. The second-order valence-electron chi connectivity index (χ2n) is 6.88. The molecule has 3 aromatic heterocycles. The van der Waals surface area contributed by atoms with Crippen LogP contribution in [0.3, 0.4) is 0 Å². The number of carbonyl (C=O) groups excluding carboxylic acids is 1. The minimum Gasteiger partial charge on any atom is -0.488 e. The van der Waals surface area contributed by atoms with E-state index in [1.165, 1.54) is 13.2 Å². The molecule has 0 unspecified atom stereocenters. The van der Waals surface area contributed by atoms with Crippen LogP contribution >= 0.6 is 11.3 Å². The molecule has 3 aromatic rings. The van der Waals surface area contributed by atoms with Crippen LogP contribution < -0.4 is 21.0 Å². The molecule has 1 amide bonds. The van der Waals surface area contributed by atoms with E-state index in [-0.39, 0.29) is 28.8 Å². The topological polar surface area (TPSA) is 144 Å². The summed E-state index contributed by atoms with van der Waals surface area (Å²) in [4.78, 5) is 24.9. The number of carbonyl (C=O) groups is 1. The standard InChI is InChI=1S/C18H20N6O5S/c1-9-5-6-19-24(9)18-23-22-17(30-18)21-15(26)13-8-12(14(28-2)16(27)29-13)20-10-3-4-11(25)7-10/h5-6,8,10-11,20,25H,3-4,7H2,1-2H3,(H,21,22,26)/t10-,11+/m1/s1. The molecule has 0 aromatic carbocycles. The quantitative estimate of drug-likeness (QED) is 0.528. The van der Waals surface area contributed by atoms with Crippen molar-refractivity contribution in [2.45, 2.75) is 38.3 Å². The van der Waals surface area contributed by atoms with Crippen molar-refractivity contribution in [2.24, 2.45) is 0 Å². The van der Waals surface area contributed by atoms with Crippen LogP contribution in [0.25, 0.3) is 5.13 Å². The van der Waals surface area contributed by atoms with Crippen molar-refractivity contribution in [3.05, 3.63) is 40.2 Å². The van der Waals surface area contributed by atoms with Gasteiger partial charge in [0.2, 0.25) is 16.0 Å². The smallest absolute Gasteiger partial charge is 0.381 e. The van der Waals surface area contributed by atoms with Crippen LogP contribution in [-0.4, -0.2) is 50.2 Å². The zero-order valence-corrected chi connectivity index (χ0v) is 17.1. The molecule has 2 atom stereocenters. The van der Waals surface area contributed by atoms with E-state index >= 15 is 0 Å². The van der Waals surface area contributed by atoms with Gasteiger partial charge in [0.1, 0.15) is 0 Å². The van der Waals surface area contributed by atoms with Crippen molar-refractivity contribution < 1.29 is 19.1 Å². The number of ether oxygens (including phenoxy) is 1. The Morgan fingerprint density at radius 2 is 2.23 bits per heavy atom. The van der Waals surface area contributed by atoms with Gasteiger partial charge in [-0.05, 0) is 32.3 Å². The van der Waals surface area contributed by atoms with E-state index in [1.54, 1.807) is 10.9 Å². The van der Waals surface area contributed by atoms with Gasteiger partial charge >= 0.3 is 5.63 Å². The molecule has 0 spiro atoms. The highest BCUT2D eigenvalue weighted by atomic mass is 32.1. The number of anilines is 2. The van der Waals surface area contributed by atoms with E-state index in [0.717, 1.165) is 23.5 Å². The molecule has 158 valence electrons.